The Morgan fingerprint density at radius 3 is 2.53 bits per heavy atom. The highest BCUT2D eigenvalue weighted by Gasteiger charge is 2.13. The van der Waals surface area contributed by atoms with Gasteiger partial charge in [-0.05, 0) is 36.1 Å². The number of ketones is 1. The third kappa shape index (κ3) is 2.55. The van der Waals surface area contributed by atoms with Crippen molar-refractivity contribution in [1.82, 2.24) is 0 Å². The van der Waals surface area contributed by atoms with E-state index in [2.05, 4.69) is 43.3 Å². The lowest BCUT2D eigenvalue weighted by molar-refractivity contribution is -0.120. The fourth-order valence-corrected chi connectivity index (χ4v) is 2.31. The van der Waals surface area contributed by atoms with Gasteiger partial charge in [-0.2, -0.15) is 0 Å². The smallest absolute Gasteiger partial charge is 0.133 e. The molecule has 0 aliphatic rings. The minimum Gasteiger partial charge on any atom is -0.300 e. The van der Waals surface area contributed by atoms with Crippen LogP contribution in [0.15, 0.2) is 42.5 Å². The standard InChI is InChI=1S/C16H18O/c1-3-13(12(2)17)11-15-9-6-8-14-7-4-5-10-16(14)15/h4-10,13H,3,11H2,1-2H3. The Balaban J connectivity index is 2.38. The molecule has 0 spiro atoms. The molecule has 1 atom stereocenters. The molecule has 2 rings (SSSR count). The lowest BCUT2D eigenvalue weighted by atomic mass is 9.91. The third-order valence-corrected chi connectivity index (χ3v) is 3.41. The summed E-state index contributed by atoms with van der Waals surface area (Å²) in [6.07, 6.45) is 1.77. The second-order valence-electron chi connectivity index (χ2n) is 4.56. The highest BCUT2D eigenvalue weighted by molar-refractivity contribution is 5.86. The fraction of sp³-hybridized carbons (Fsp3) is 0.312. The summed E-state index contributed by atoms with van der Waals surface area (Å²) < 4.78 is 0. The van der Waals surface area contributed by atoms with Crippen molar-refractivity contribution in [2.45, 2.75) is 26.7 Å². The van der Waals surface area contributed by atoms with Crippen LogP contribution < -0.4 is 0 Å². The Kier molecular flexibility index (Phi) is 3.58. The van der Waals surface area contributed by atoms with Crippen molar-refractivity contribution in [2.75, 3.05) is 0 Å². The number of Topliss-reactive ketones (excluding diaryl/α,β-unsaturated/α-hetero) is 1. The second-order valence-corrected chi connectivity index (χ2v) is 4.56. The highest BCUT2D eigenvalue weighted by Crippen LogP contribution is 2.22. The maximum absolute atomic E-state index is 11.5. The number of benzene rings is 2. The lowest BCUT2D eigenvalue weighted by Crippen LogP contribution is -2.12. The molecular formula is C16H18O. The van der Waals surface area contributed by atoms with Gasteiger partial charge in [0.25, 0.3) is 0 Å². The van der Waals surface area contributed by atoms with E-state index in [0.29, 0.717) is 5.78 Å². The van der Waals surface area contributed by atoms with E-state index in [0.717, 1.165) is 12.8 Å². The molecule has 0 saturated heterocycles. The van der Waals surface area contributed by atoms with Crippen molar-refractivity contribution < 1.29 is 4.79 Å². The number of hydrogen-bond donors (Lipinski definition) is 0. The van der Waals surface area contributed by atoms with Crippen molar-refractivity contribution in [2.24, 2.45) is 5.92 Å². The molecule has 17 heavy (non-hydrogen) atoms. The van der Waals surface area contributed by atoms with Crippen LogP contribution in [0.25, 0.3) is 10.8 Å². The van der Waals surface area contributed by atoms with E-state index in [1.807, 2.05) is 6.07 Å². The lowest BCUT2D eigenvalue weighted by Gasteiger charge is -2.13. The van der Waals surface area contributed by atoms with E-state index in [9.17, 15) is 4.79 Å². The van der Waals surface area contributed by atoms with Crippen molar-refractivity contribution in [3.63, 3.8) is 0 Å². The minimum atomic E-state index is 0.154. The molecule has 0 amide bonds. The molecule has 0 N–H and O–H groups in total. The Morgan fingerprint density at radius 1 is 1.12 bits per heavy atom. The Morgan fingerprint density at radius 2 is 1.82 bits per heavy atom. The number of carbonyl (C=O) groups is 1. The van der Waals surface area contributed by atoms with Crippen LogP contribution in [0.5, 0.6) is 0 Å². The van der Waals surface area contributed by atoms with Gasteiger partial charge in [0.15, 0.2) is 0 Å². The molecule has 2 aromatic rings. The molecule has 1 nitrogen and oxygen atoms in total. The molecule has 0 bridgehead atoms. The van der Waals surface area contributed by atoms with Crippen LogP contribution in [-0.4, -0.2) is 5.78 Å². The molecule has 1 unspecified atom stereocenters. The molecule has 0 radical (unpaired) electrons. The average Bonchev–Trinajstić information content (AvgIpc) is 2.35. The van der Waals surface area contributed by atoms with E-state index in [1.165, 1.54) is 16.3 Å². The number of carbonyl (C=O) groups excluding carboxylic acids is 1. The topological polar surface area (TPSA) is 17.1 Å². The Hall–Kier alpha value is -1.63. The zero-order valence-electron chi connectivity index (χ0n) is 10.4. The zero-order valence-corrected chi connectivity index (χ0v) is 10.4. The first-order valence-electron chi connectivity index (χ1n) is 6.19. The summed E-state index contributed by atoms with van der Waals surface area (Å²) in [5, 5.41) is 2.53. The van der Waals surface area contributed by atoms with Crippen molar-refractivity contribution >= 4 is 16.6 Å². The summed E-state index contributed by atoms with van der Waals surface area (Å²) in [7, 11) is 0. The molecule has 88 valence electrons. The second kappa shape index (κ2) is 5.13. The average molecular weight is 226 g/mol. The molecular weight excluding hydrogens is 208 g/mol. The zero-order chi connectivity index (χ0) is 12.3. The van der Waals surface area contributed by atoms with Gasteiger partial charge in [0, 0.05) is 5.92 Å². The molecule has 2 aromatic carbocycles. The van der Waals surface area contributed by atoms with Gasteiger partial charge in [-0.3, -0.25) is 4.79 Å². The van der Waals surface area contributed by atoms with E-state index >= 15 is 0 Å². The maximum atomic E-state index is 11.5. The Bertz CT molecular complexity index is 523. The van der Waals surface area contributed by atoms with Crippen LogP contribution >= 0.6 is 0 Å². The summed E-state index contributed by atoms with van der Waals surface area (Å²) >= 11 is 0. The third-order valence-electron chi connectivity index (χ3n) is 3.41. The maximum Gasteiger partial charge on any atom is 0.133 e. The summed E-state index contributed by atoms with van der Waals surface area (Å²) in [5.41, 5.74) is 1.28. The first kappa shape index (κ1) is 11.8. The van der Waals surface area contributed by atoms with Crippen LogP contribution in [0.1, 0.15) is 25.8 Å². The summed E-state index contributed by atoms with van der Waals surface area (Å²) in [5.74, 6) is 0.446. The van der Waals surface area contributed by atoms with E-state index in [1.54, 1.807) is 6.92 Å². The van der Waals surface area contributed by atoms with Crippen LogP contribution in [0.2, 0.25) is 0 Å². The van der Waals surface area contributed by atoms with E-state index in [4.69, 9.17) is 0 Å². The van der Waals surface area contributed by atoms with Gasteiger partial charge in [0.05, 0.1) is 0 Å². The predicted octanol–water partition coefficient (Wildman–Crippen LogP) is 4.00. The van der Waals surface area contributed by atoms with E-state index < -0.39 is 0 Å². The highest BCUT2D eigenvalue weighted by atomic mass is 16.1. The molecule has 0 saturated carbocycles. The fourth-order valence-electron chi connectivity index (χ4n) is 2.31. The normalized spacial score (nSPS) is 12.6. The summed E-state index contributed by atoms with van der Waals surface area (Å²) in [4.78, 5) is 11.5. The van der Waals surface area contributed by atoms with Gasteiger partial charge in [-0.15, -0.1) is 0 Å². The minimum absolute atomic E-state index is 0.154. The number of rotatable bonds is 4. The molecule has 0 fully saturated rings. The van der Waals surface area contributed by atoms with Gasteiger partial charge in [-0.25, -0.2) is 0 Å². The van der Waals surface area contributed by atoms with Gasteiger partial charge < -0.3 is 0 Å². The van der Waals surface area contributed by atoms with Crippen molar-refractivity contribution in [3.05, 3.63) is 48.0 Å². The predicted molar refractivity (Wildman–Crippen MR) is 72.1 cm³/mol. The van der Waals surface area contributed by atoms with Crippen molar-refractivity contribution in [3.8, 4) is 0 Å². The monoisotopic (exact) mass is 226 g/mol. The van der Waals surface area contributed by atoms with Crippen LogP contribution in [0.4, 0.5) is 0 Å². The largest absolute Gasteiger partial charge is 0.300 e. The number of hydrogen-bond acceptors (Lipinski definition) is 1. The van der Waals surface area contributed by atoms with Gasteiger partial charge in [-0.1, -0.05) is 49.4 Å². The molecule has 0 aliphatic carbocycles. The Labute approximate surface area is 102 Å². The summed E-state index contributed by atoms with van der Waals surface area (Å²) in [6, 6.07) is 14.7. The van der Waals surface area contributed by atoms with Gasteiger partial charge in [0.2, 0.25) is 0 Å². The SMILES string of the molecule is CCC(Cc1cccc2ccccc12)C(C)=O. The molecule has 1 heteroatoms. The molecule has 0 heterocycles. The summed E-state index contributed by atoms with van der Waals surface area (Å²) in [6.45, 7) is 3.77. The van der Waals surface area contributed by atoms with Crippen molar-refractivity contribution in [1.29, 1.82) is 0 Å². The first-order chi connectivity index (χ1) is 8.22. The first-order valence-corrected chi connectivity index (χ1v) is 6.19. The van der Waals surface area contributed by atoms with Gasteiger partial charge >= 0.3 is 0 Å². The molecule has 0 aliphatic heterocycles. The molecule has 0 aromatic heterocycles. The quantitative estimate of drug-likeness (QED) is 0.770. The number of fused-ring (bicyclic) bond motifs is 1. The van der Waals surface area contributed by atoms with Gasteiger partial charge in [0.1, 0.15) is 5.78 Å². The van der Waals surface area contributed by atoms with E-state index in [-0.39, 0.29) is 5.92 Å². The van der Waals surface area contributed by atoms with Crippen LogP contribution in [0, 0.1) is 5.92 Å². The van der Waals surface area contributed by atoms with Crippen LogP contribution in [-0.2, 0) is 11.2 Å². The van der Waals surface area contributed by atoms with Crippen LogP contribution in [0.3, 0.4) is 0 Å².